The van der Waals surface area contributed by atoms with E-state index in [4.69, 9.17) is 0 Å². The maximum atomic E-state index is 12.1. The van der Waals surface area contributed by atoms with Crippen LogP contribution >= 0.6 is 0 Å². The van der Waals surface area contributed by atoms with Gasteiger partial charge in [-0.25, -0.2) is 0 Å². The average Bonchev–Trinajstić information content (AvgIpc) is 2.41. The summed E-state index contributed by atoms with van der Waals surface area (Å²) in [5, 5.41) is 2.66. The molecule has 2 amide bonds. The van der Waals surface area contributed by atoms with E-state index in [-0.39, 0.29) is 24.4 Å². The lowest BCUT2D eigenvalue weighted by molar-refractivity contribution is -0.148. The predicted molar refractivity (Wildman–Crippen MR) is 68.8 cm³/mol. The van der Waals surface area contributed by atoms with E-state index in [0.29, 0.717) is 0 Å². The second-order valence-electron chi connectivity index (χ2n) is 4.59. The highest BCUT2D eigenvalue weighted by molar-refractivity contribution is 5.95. The molecular weight excluding hydrogens is 228 g/mol. The van der Waals surface area contributed by atoms with E-state index in [1.54, 1.807) is 4.90 Å². The second-order valence-corrected chi connectivity index (χ2v) is 4.59. The third kappa shape index (κ3) is 2.23. The first-order chi connectivity index (χ1) is 8.65. The van der Waals surface area contributed by atoms with E-state index < -0.39 is 6.04 Å². The van der Waals surface area contributed by atoms with Crippen molar-refractivity contribution >= 4 is 11.8 Å². The van der Waals surface area contributed by atoms with Crippen LogP contribution in [0.25, 0.3) is 0 Å². The molecule has 0 aromatic heterocycles. The van der Waals surface area contributed by atoms with Gasteiger partial charge in [0.25, 0.3) is 0 Å². The van der Waals surface area contributed by atoms with Gasteiger partial charge in [0.2, 0.25) is 11.8 Å². The summed E-state index contributed by atoms with van der Waals surface area (Å²) in [4.78, 5) is 25.8. The Hall–Kier alpha value is -1.84. The minimum atomic E-state index is -0.498. The molecule has 0 bridgehead atoms. The zero-order valence-electron chi connectivity index (χ0n) is 10.7. The van der Waals surface area contributed by atoms with Crippen LogP contribution in [0.15, 0.2) is 30.3 Å². The van der Waals surface area contributed by atoms with Crippen molar-refractivity contribution < 1.29 is 9.59 Å². The van der Waals surface area contributed by atoms with Crippen molar-refractivity contribution in [3.8, 4) is 0 Å². The summed E-state index contributed by atoms with van der Waals surface area (Å²) in [6.45, 7) is 4.10. The number of amides is 2. The molecule has 2 atom stereocenters. The monoisotopic (exact) mass is 246 g/mol. The van der Waals surface area contributed by atoms with Gasteiger partial charge in [-0.3, -0.25) is 9.59 Å². The molecule has 1 N–H and O–H groups in total. The maximum absolute atomic E-state index is 12.1. The number of nitrogens with one attached hydrogen (secondary N) is 1. The van der Waals surface area contributed by atoms with E-state index in [2.05, 4.69) is 5.32 Å². The highest BCUT2D eigenvalue weighted by Gasteiger charge is 2.37. The Balaban J connectivity index is 2.38. The Bertz CT molecular complexity index is 444. The molecule has 0 aliphatic carbocycles. The maximum Gasteiger partial charge on any atom is 0.247 e. The number of benzene rings is 1. The van der Waals surface area contributed by atoms with Crippen molar-refractivity contribution in [1.82, 2.24) is 10.2 Å². The van der Waals surface area contributed by atoms with E-state index in [0.717, 1.165) is 12.0 Å². The van der Waals surface area contributed by atoms with Gasteiger partial charge in [0.1, 0.15) is 6.04 Å². The molecule has 1 aromatic carbocycles. The zero-order valence-corrected chi connectivity index (χ0v) is 10.7. The SMILES string of the molecule is CCC(C)N1C(=O)CNC(=O)C1c1ccccc1. The summed E-state index contributed by atoms with van der Waals surface area (Å²) in [5.74, 6) is -0.112. The van der Waals surface area contributed by atoms with Gasteiger partial charge in [-0.1, -0.05) is 37.3 Å². The number of carbonyl (C=O) groups is 2. The first-order valence-corrected chi connectivity index (χ1v) is 6.29. The van der Waals surface area contributed by atoms with E-state index in [1.807, 2.05) is 44.2 Å². The summed E-state index contributed by atoms with van der Waals surface area (Å²) in [5.41, 5.74) is 0.864. The van der Waals surface area contributed by atoms with Crippen LogP contribution in [0.4, 0.5) is 0 Å². The molecule has 0 radical (unpaired) electrons. The second kappa shape index (κ2) is 5.21. The molecule has 2 rings (SSSR count). The van der Waals surface area contributed by atoms with Crippen molar-refractivity contribution in [2.45, 2.75) is 32.4 Å². The molecule has 1 heterocycles. The number of hydrogen-bond donors (Lipinski definition) is 1. The Morgan fingerprint density at radius 1 is 1.33 bits per heavy atom. The van der Waals surface area contributed by atoms with Crippen LogP contribution in [0.5, 0.6) is 0 Å². The first kappa shape index (κ1) is 12.6. The Kier molecular flexibility index (Phi) is 3.65. The fourth-order valence-electron chi connectivity index (χ4n) is 2.27. The topological polar surface area (TPSA) is 49.4 Å². The molecule has 1 aliphatic rings. The Labute approximate surface area is 107 Å². The molecule has 0 saturated carbocycles. The van der Waals surface area contributed by atoms with E-state index >= 15 is 0 Å². The van der Waals surface area contributed by atoms with Crippen LogP contribution in [0.2, 0.25) is 0 Å². The van der Waals surface area contributed by atoms with Crippen LogP contribution in [0.3, 0.4) is 0 Å². The van der Waals surface area contributed by atoms with Gasteiger partial charge in [-0.15, -0.1) is 0 Å². The van der Waals surface area contributed by atoms with Gasteiger partial charge in [0.15, 0.2) is 0 Å². The zero-order chi connectivity index (χ0) is 13.1. The molecule has 18 heavy (non-hydrogen) atoms. The molecule has 96 valence electrons. The Morgan fingerprint density at radius 2 is 2.00 bits per heavy atom. The van der Waals surface area contributed by atoms with Gasteiger partial charge < -0.3 is 10.2 Å². The van der Waals surface area contributed by atoms with Crippen LogP contribution in [-0.4, -0.2) is 29.3 Å². The number of hydrogen-bond acceptors (Lipinski definition) is 2. The number of nitrogens with zero attached hydrogens (tertiary/aromatic N) is 1. The summed E-state index contributed by atoms with van der Waals surface area (Å²) >= 11 is 0. The van der Waals surface area contributed by atoms with Crippen LogP contribution in [0, 0.1) is 0 Å². The summed E-state index contributed by atoms with van der Waals surface area (Å²) in [7, 11) is 0. The van der Waals surface area contributed by atoms with Crippen molar-refractivity contribution in [3.63, 3.8) is 0 Å². The summed E-state index contributed by atoms with van der Waals surface area (Å²) in [6, 6.07) is 9.01. The molecule has 0 spiro atoms. The molecule has 1 saturated heterocycles. The fraction of sp³-hybridized carbons (Fsp3) is 0.429. The van der Waals surface area contributed by atoms with Gasteiger partial charge in [-0.05, 0) is 18.9 Å². The highest BCUT2D eigenvalue weighted by Crippen LogP contribution is 2.26. The van der Waals surface area contributed by atoms with Crippen molar-refractivity contribution in [2.24, 2.45) is 0 Å². The minimum absolute atomic E-state index is 0.0159. The Morgan fingerprint density at radius 3 is 2.61 bits per heavy atom. The summed E-state index contributed by atoms with van der Waals surface area (Å²) in [6.07, 6.45) is 0.836. The first-order valence-electron chi connectivity index (χ1n) is 6.29. The van der Waals surface area contributed by atoms with E-state index in [9.17, 15) is 9.59 Å². The van der Waals surface area contributed by atoms with Crippen LogP contribution in [-0.2, 0) is 9.59 Å². The minimum Gasteiger partial charge on any atom is -0.345 e. The average molecular weight is 246 g/mol. The molecule has 1 aromatic rings. The lowest BCUT2D eigenvalue weighted by Crippen LogP contribution is -2.56. The molecule has 2 unspecified atom stereocenters. The van der Waals surface area contributed by atoms with E-state index in [1.165, 1.54) is 0 Å². The van der Waals surface area contributed by atoms with Gasteiger partial charge >= 0.3 is 0 Å². The van der Waals surface area contributed by atoms with Gasteiger partial charge in [-0.2, -0.15) is 0 Å². The standard InChI is InChI=1S/C14H18N2O2/c1-3-10(2)16-12(17)9-15-14(18)13(16)11-7-5-4-6-8-11/h4-8,10,13H,3,9H2,1-2H3,(H,15,18). The van der Waals surface area contributed by atoms with Gasteiger partial charge in [0.05, 0.1) is 6.54 Å². The fourth-order valence-corrected chi connectivity index (χ4v) is 2.27. The lowest BCUT2D eigenvalue weighted by atomic mass is 9.99. The summed E-state index contributed by atoms with van der Waals surface area (Å²) < 4.78 is 0. The predicted octanol–water partition coefficient (Wildman–Crippen LogP) is 1.48. The van der Waals surface area contributed by atoms with Gasteiger partial charge in [0, 0.05) is 6.04 Å². The third-order valence-electron chi connectivity index (χ3n) is 3.41. The third-order valence-corrected chi connectivity index (χ3v) is 3.41. The highest BCUT2D eigenvalue weighted by atomic mass is 16.2. The molecule has 1 aliphatic heterocycles. The largest absolute Gasteiger partial charge is 0.345 e. The quantitative estimate of drug-likeness (QED) is 0.878. The number of carbonyl (C=O) groups excluding carboxylic acids is 2. The molecule has 1 fully saturated rings. The normalized spacial score (nSPS) is 21.7. The molecule has 4 heteroatoms. The smallest absolute Gasteiger partial charge is 0.247 e. The van der Waals surface area contributed by atoms with Crippen LogP contribution < -0.4 is 5.32 Å². The number of rotatable bonds is 3. The van der Waals surface area contributed by atoms with Crippen LogP contribution in [0.1, 0.15) is 31.9 Å². The molecular formula is C14H18N2O2. The van der Waals surface area contributed by atoms with Crippen molar-refractivity contribution in [3.05, 3.63) is 35.9 Å². The van der Waals surface area contributed by atoms with Crippen molar-refractivity contribution in [1.29, 1.82) is 0 Å². The lowest BCUT2D eigenvalue weighted by Gasteiger charge is -2.39. The number of piperazine rings is 1. The van der Waals surface area contributed by atoms with Crippen molar-refractivity contribution in [2.75, 3.05) is 6.54 Å². The molecule has 4 nitrogen and oxygen atoms in total.